The first-order valence-corrected chi connectivity index (χ1v) is 12.6. The Kier molecular flexibility index (Phi) is 13.0. The van der Waals surface area contributed by atoms with Crippen LogP contribution in [0.5, 0.6) is 5.75 Å². The number of ether oxygens (including phenoxy) is 1. The highest BCUT2D eigenvalue weighted by molar-refractivity contribution is 5.70. The van der Waals surface area contributed by atoms with Crippen LogP contribution in [0, 0.1) is 46.8 Å². The molecule has 0 aliphatic carbocycles. The summed E-state index contributed by atoms with van der Waals surface area (Å²) in [5.74, 6) is -12.8. The fourth-order valence-corrected chi connectivity index (χ4v) is 4.73. The predicted octanol–water partition coefficient (Wildman–Crippen LogP) is 7.66. The fourth-order valence-electron chi connectivity index (χ4n) is 4.73. The van der Waals surface area contributed by atoms with Gasteiger partial charge in [0.1, 0.15) is 0 Å². The minimum absolute atomic E-state index is 0.0136. The van der Waals surface area contributed by atoms with E-state index in [4.69, 9.17) is 0 Å². The standard InChI is InChI=1S/C26H40F5NO3/c1-6-7-8-9-10-11-13-18(26(34,16(2)3)17(4)5)14-12-15-32-25(33)35-24-22(30)20(28)19(27)21(29)23(24)31/h16-18,34H,6-15H2,1-5H3,(H,32,33). The number of nitrogens with one attached hydrogen (secondary N) is 1. The number of aliphatic hydroxyl groups is 1. The van der Waals surface area contributed by atoms with E-state index < -0.39 is 46.5 Å². The Morgan fingerprint density at radius 1 is 0.800 bits per heavy atom. The van der Waals surface area contributed by atoms with Gasteiger partial charge in [-0.3, -0.25) is 0 Å². The number of unbranched alkanes of at least 4 members (excludes halogenated alkanes) is 5. The lowest BCUT2D eigenvalue weighted by atomic mass is 9.68. The van der Waals surface area contributed by atoms with Crippen molar-refractivity contribution in [1.29, 1.82) is 0 Å². The average molecular weight is 510 g/mol. The van der Waals surface area contributed by atoms with Crippen molar-refractivity contribution in [3.05, 3.63) is 29.1 Å². The monoisotopic (exact) mass is 509 g/mol. The topological polar surface area (TPSA) is 58.6 Å². The minimum Gasteiger partial charge on any atom is -0.404 e. The van der Waals surface area contributed by atoms with Gasteiger partial charge in [0.2, 0.25) is 34.8 Å². The molecule has 1 rings (SSSR count). The van der Waals surface area contributed by atoms with E-state index in [1.165, 1.54) is 19.3 Å². The van der Waals surface area contributed by atoms with Crippen LogP contribution in [0.25, 0.3) is 0 Å². The van der Waals surface area contributed by atoms with Crippen LogP contribution < -0.4 is 10.1 Å². The second-order valence-electron chi connectivity index (χ2n) is 9.81. The Morgan fingerprint density at radius 3 is 1.77 bits per heavy atom. The van der Waals surface area contributed by atoms with Crippen molar-refractivity contribution in [2.45, 2.75) is 98.0 Å². The van der Waals surface area contributed by atoms with Gasteiger partial charge in [-0.05, 0) is 37.0 Å². The summed E-state index contributed by atoms with van der Waals surface area (Å²) in [7, 11) is 0. The Hall–Kier alpha value is -1.90. The third-order valence-corrected chi connectivity index (χ3v) is 6.77. The summed E-state index contributed by atoms with van der Waals surface area (Å²) in [5.41, 5.74) is -0.903. The molecule has 1 aromatic carbocycles. The molecular formula is C26H40F5NO3. The van der Waals surface area contributed by atoms with Crippen molar-refractivity contribution >= 4 is 6.09 Å². The van der Waals surface area contributed by atoms with Crippen LogP contribution >= 0.6 is 0 Å². The average Bonchev–Trinajstić information content (AvgIpc) is 2.81. The smallest absolute Gasteiger partial charge is 0.404 e. The van der Waals surface area contributed by atoms with Crippen LogP contribution in [0.15, 0.2) is 0 Å². The van der Waals surface area contributed by atoms with E-state index >= 15 is 0 Å². The zero-order chi connectivity index (χ0) is 26.8. The van der Waals surface area contributed by atoms with E-state index in [1.54, 1.807) is 0 Å². The van der Waals surface area contributed by atoms with Gasteiger partial charge in [-0.25, -0.2) is 18.0 Å². The predicted molar refractivity (Wildman–Crippen MR) is 126 cm³/mol. The largest absolute Gasteiger partial charge is 0.412 e. The fraction of sp³-hybridized carbons (Fsp3) is 0.731. The Balaban J connectivity index is 2.72. The van der Waals surface area contributed by atoms with Crippen LogP contribution in [0.3, 0.4) is 0 Å². The zero-order valence-electron chi connectivity index (χ0n) is 21.5. The van der Waals surface area contributed by atoms with Gasteiger partial charge in [-0.1, -0.05) is 73.1 Å². The van der Waals surface area contributed by atoms with Crippen molar-refractivity contribution in [2.24, 2.45) is 17.8 Å². The summed E-state index contributed by atoms with van der Waals surface area (Å²) >= 11 is 0. The summed E-state index contributed by atoms with van der Waals surface area (Å²) in [5, 5.41) is 13.8. The molecule has 0 fully saturated rings. The molecule has 0 heterocycles. The lowest BCUT2D eigenvalue weighted by Gasteiger charge is -2.43. The maximum absolute atomic E-state index is 13.7. The Morgan fingerprint density at radius 2 is 1.26 bits per heavy atom. The van der Waals surface area contributed by atoms with Crippen molar-refractivity contribution < 1.29 is 36.6 Å². The highest BCUT2D eigenvalue weighted by Gasteiger charge is 2.41. The van der Waals surface area contributed by atoms with Gasteiger partial charge < -0.3 is 15.2 Å². The third-order valence-electron chi connectivity index (χ3n) is 6.77. The van der Waals surface area contributed by atoms with Crippen LogP contribution in [0.2, 0.25) is 0 Å². The van der Waals surface area contributed by atoms with Crippen LogP contribution in [0.4, 0.5) is 26.7 Å². The van der Waals surface area contributed by atoms with E-state index in [2.05, 4.69) is 17.0 Å². The molecule has 0 saturated carbocycles. The number of hydrogen-bond donors (Lipinski definition) is 2. The van der Waals surface area contributed by atoms with E-state index in [-0.39, 0.29) is 24.3 Å². The number of carbonyl (C=O) groups excluding carboxylic acids is 1. The van der Waals surface area contributed by atoms with Crippen LogP contribution in [-0.4, -0.2) is 23.3 Å². The van der Waals surface area contributed by atoms with Crippen molar-refractivity contribution in [2.75, 3.05) is 6.54 Å². The first-order chi connectivity index (χ1) is 16.4. The van der Waals surface area contributed by atoms with Crippen molar-refractivity contribution in [3.8, 4) is 5.75 Å². The summed E-state index contributed by atoms with van der Waals surface area (Å²) in [6, 6.07) is 0. The number of rotatable bonds is 15. The number of hydrogen-bond acceptors (Lipinski definition) is 3. The zero-order valence-corrected chi connectivity index (χ0v) is 21.5. The van der Waals surface area contributed by atoms with E-state index in [0.29, 0.717) is 12.8 Å². The molecule has 1 unspecified atom stereocenters. The SMILES string of the molecule is CCCCCCCCC(CCCNC(=O)Oc1c(F)c(F)c(F)c(F)c1F)C(O)(C(C)C)C(C)C. The third kappa shape index (κ3) is 8.33. The number of benzene rings is 1. The first kappa shape index (κ1) is 31.1. The number of amides is 1. The summed E-state index contributed by atoms with van der Waals surface area (Å²) < 4.78 is 71.5. The van der Waals surface area contributed by atoms with Crippen LogP contribution in [-0.2, 0) is 0 Å². The van der Waals surface area contributed by atoms with E-state index in [9.17, 15) is 31.9 Å². The molecule has 0 aliphatic rings. The summed E-state index contributed by atoms with van der Waals surface area (Å²) in [6.07, 6.45) is 7.29. The molecule has 1 amide bonds. The van der Waals surface area contributed by atoms with Gasteiger partial charge in [0.05, 0.1) is 5.60 Å². The molecule has 0 radical (unpaired) electrons. The summed E-state index contributed by atoms with van der Waals surface area (Å²) in [6.45, 7) is 10.1. The van der Waals surface area contributed by atoms with Gasteiger partial charge in [0, 0.05) is 6.54 Å². The molecule has 0 spiro atoms. The first-order valence-electron chi connectivity index (χ1n) is 12.6. The molecule has 35 heavy (non-hydrogen) atoms. The highest BCUT2D eigenvalue weighted by Crippen LogP contribution is 2.39. The van der Waals surface area contributed by atoms with Gasteiger partial charge >= 0.3 is 6.09 Å². The van der Waals surface area contributed by atoms with Crippen molar-refractivity contribution in [3.63, 3.8) is 0 Å². The molecule has 0 saturated heterocycles. The second kappa shape index (κ2) is 14.6. The normalized spacial score (nSPS) is 12.9. The van der Waals surface area contributed by atoms with E-state index in [0.717, 1.165) is 25.7 Å². The molecule has 202 valence electrons. The van der Waals surface area contributed by atoms with Crippen LogP contribution in [0.1, 0.15) is 92.4 Å². The maximum atomic E-state index is 13.7. The minimum atomic E-state index is -2.33. The molecule has 0 bridgehead atoms. The van der Waals surface area contributed by atoms with Crippen molar-refractivity contribution in [1.82, 2.24) is 5.32 Å². The lowest BCUT2D eigenvalue weighted by Crippen LogP contribution is -2.48. The second-order valence-corrected chi connectivity index (χ2v) is 9.81. The lowest BCUT2D eigenvalue weighted by molar-refractivity contribution is -0.102. The molecule has 9 heteroatoms. The summed E-state index contributed by atoms with van der Waals surface area (Å²) in [4.78, 5) is 11.9. The molecule has 4 nitrogen and oxygen atoms in total. The van der Waals surface area contributed by atoms with Gasteiger partial charge in [-0.2, -0.15) is 8.78 Å². The van der Waals surface area contributed by atoms with Gasteiger partial charge in [0.15, 0.2) is 0 Å². The Bertz CT molecular complexity index is 780. The quantitative estimate of drug-likeness (QED) is 0.110. The maximum Gasteiger partial charge on any atom is 0.412 e. The molecule has 1 aromatic rings. The molecular weight excluding hydrogens is 469 g/mol. The molecule has 0 aliphatic heterocycles. The highest BCUT2D eigenvalue weighted by atomic mass is 19.2. The number of carbonyl (C=O) groups is 1. The van der Waals surface area contributed by atoms with Gasteiger partial charge in [-0.15, -0.1) is 0 Å². The van der Waals surface area contributed by atoms with Gasteiger partial charge in [0.25, 0.3) is 0 Å². The molecule has 0 aromatic heterocycles. The van der Waals surface area contributed by atoms with E-state index in [1.807, 2.05) is 27.7 Å². The molecule has 2 N–H and O–H groups in total. The Labute approximate surface area is 205 Å². The molecule has 1 atom stereocenters. The number of halogens is 5.